The largest absolute Gasteiger partial charge is 0.357 e. The van der Waals surface area contributed by atoms with Crippen LogP contribution in [0.25, 0.3) is 0 Å². The predicted octanol–water partition coefficient (Wildman–Crippen LogP) is 2.88. The van der Waals surface area contributed by atoms with Crippen LogP contribution >= 0.6 is 11.8 Å². The van der Waals surface area contributed by atoms with Crippen molar-refractivity contribution < 1.29 is 8.42 Å². The summed E-state index contributed by atoms with van der Waals surface area (Å²) in [6.45, 7) is 6.01. The zero-order valence-corrected chi connectivity index (χ0v) is 18.4. The minimum Gasteiger partial charge on any atom is -0.357 e. The summed E-state index contributed by atoms with van der Waals surface area (Å²) in [5.74, 6) is 0.724. The molecule has 0 radical (unpaired) electrons. The van der Waals surface area contributed by atoms with Crippen molar-refractivity contribution in [3.63, 3.8) is 0 Å². The number of thioether (sulfide) groups is 1. The van der Waals surface area contributed by atoms with E-state index in [4.69, 9.17) is 0 Å². The average Bonchev–Trinajstić information content (AvgIpc) is 2.71. The molecule has 152 valence electrons. The van der Waals surface area contributed by atoms with Gasteiger partial charge >= 0.3 is 0 Å². The Morgan fingerprint density at radius 2 is 1.82 bits per heavy atom. The van der Waals surface area contributed by atoms with Crippen LogP contribution in [0, 0.1) is 6.92 Å². The van der Waals surface area contributed by atoms with E-state index in [1.165, 1.54) is 23.1 Å². The lowest BCUT2D eigenvalue weighted by molar-refractivity contribution is 0.588. The summed E-state index contributed by atoms with van der Waals surface area (Å²) in [7, 11) is -2.02. The van der Waals surface area contributed by atoms with E-state index < -0.39 is 10.0 Å². The van der Waals surface area contributed by atoms with Crippen LogP contribution < -0.4 is 15.4 Å². The normalized spacial score (nSPS) is 12.1. The average molecular weight is 421 g/mol. The number of nitrogens with zero attached hydrogens (tertiary/aromatic N) is 1. The summed E-state index contributed by atoms with van der Waals surface area (Å²) < 4.78 is 25.9. The monoisotopic (exact) mass is 420 g/mol. The van der Waals surface area contributed by atoms with Crippen molar-refractivity contribution in [1.82, 2.24) is 15.4 Å². The van der Waals surface area contributed by atoms with Crippen molar-refractivity contribution in [3.8, 4) is 0 Å². The number of rotatable bonds is 8. The Hall–Kier alpha value is -2.03. The fourth-order valence-corrected chi connectivity index (χ4v) is 4.02. The zero-order chi connectivity index (χ0) is 20.6. The van der Waals surface area contributed by atoms with Gasteiger partial charge in [0.05, 0.1) is 11.4 Å². The Kier molecular flexibility index (Phi) is 8.35. The van der Waals surface area contributed by atoms with E-state index in [2.05, 4.69) is 51.7 Å². The lowest BCUT2D eigenvalue weighted by Gasteiger charge is -2.14. The maximum Gasteiger partial charge on any atom is 0.240 e. The van der Waals surface area contributed by atoms with Crippen LogP contribution in [0.4, 0.5) is 0 Å². The third-order valence-corrected chi connectivity index (χ3v) is 6.41. The fourth-order valence-electron chi connectivity index (χ4n) is 2.58. The first-order valence-electron chi connectivity index (χ1n) is 9.07. The number of hydrogen-bond acceptors (Lipinski definition) is 4. The Morgan fingerprint density at radius 3 is 2.43 bits per heavy atom. The highest BCUT2D eigenvalue weighted by molar-refractivity contribution is 7.98. The summed E-state index contributed by atoms with van der Waals surface area (Å²) in [5.41, 5.74) is 3.41. The highest BCUT2D eigenvalue weighted by atomic mass is 32.2. The summed E-state index contributed by atoms with van der Waals surface area (Å²) in [6, 6.07) is 13.2. The third kappa shape index (κ3) is 6.25. The van der Waals surface area contributed by atoms with E-state index in [0.29, 0.717) is 13.1 Å². The van der Waals surface area contributed by atoms with E-state index in [1.54, 1.807) is 36.0 Å². The van der Waals surface area contributed by atoms with Crippen LogP contribution in [0.3, 0.4) is 0 Å². The molecule has 0 fully saturated rings. The van der Waals surface area contributed by atoms with Crippen molar-refractivity contribution >= 4 is 27.7 Å². The second kappa shape index (κ2) is 10.5. The van der Waals surface area contributed by atoms with Crippen molar-refractivity contribution in [2.24, 2.45) is 4.99 Å². The molecule has 2 aromatic rings. The Morgan fingerprint density at radius 1 is 1.11 bits per heavy atom. The number of aryl methyl sites for hydroxylation is 1. The quantitative estimate of drug-likeness (QED) is 0.348. The molecule has 0 spiro atoms. The molecule has 0 aromatic heterocycles. The molecule has 0 atom stereocenters. The van der Waals surface area contributed by atoms with E-state index in [9.17, 15) is 8.42 Å². The van der Waals surface area contributed by atoms with Gasteiger partial charge in [-0.1, -0.05) is 24.3 Å². The number of guanidine groups is 1. The van der Waals surface area contributed by atoms with Gasteiger partial charge in [-0.3, -0.25) is 0 Å². The van der Waals surface area contributed by atoms with Crippen molar-refractivity contribution in [2.45, 2.75) is 36.7 Å². The number of nitrogens with one attached hydrogen (secondary N) is 3. The molecule has 0 heterocycles. The zero-order valence-electron chi connectivity index (χ0n) is 16.7. The lowest BCUT2D eigenvalue weighted by atomic mass is 10.1. The first kappa shape index (κ1) is 22.3. The molecule has 6 nitrogen and oxygen atoms in total. The number of aliphatic imine (C=N–C) groups is 1. The second-order valence-corrected chi connectivity index (χ2v) is 8.95. The molecule has 0 saturated carbocycles. The van der Waals surface area contributed by atoms with Gasteiger partial charge in [0.15, 0.2) is 5.96 Å². The van der Waals surface area contributed by atoms with Crippen LogP contribution in [0.1, 0.15) is 23.6 Å². The second-order valence-electron chi connectivity index (χ2n) is 6.22. The molecule has 3 N–H and O–H groups in total. The molecule has 0 aliphatic heterocycles. The van der Waals surface area contributed by atoms with Gasteiger partial charge in [-0.25, -0.2) is 18.1 Å². The topological polar surface area (TPSA) is 82.6 Å². The molecule has 0 aliphatic rings. The maximum absolute atomic E-state index is 11.8. The molecule has 0 amide bonds. The molecular weight excluding hydrogens is 392 g/mol. The number of hydrogen-bond donors (Lipinski definition) is 3. The van der Waals surface area contributed by atoms with Crippen molar-refractivity contribution in [2.75, 3.05) is 19.8 Å². The fraction of sp³-hybridized carbons (Fsp3) is 0.350. The highest BCUT2D eigenvalue weighted by Gasteiger charge is 2.10. The summed E-state index contributed by atoms with van der Waals surface area (Å²) >= 11 is 1.74. The number of sulfonamides is 1. The van der Waals surface area contributed by atoms with E-state index in [-0.39, 0.29) is 4.90 Å². The maximum atomic E-state index is 11.8. The first-order chi connectivity index (χ1) is 13.4. The minimum absolute atomic E-state index is 0.247. The Bertz CT molecular complexity index is 910. The number of benzene rings is 2. The predicted molar refractivity (Wildman–Crippen MR) is 117 cm³/mol. The van der Waals surface area contributed by atoms with Gasteiger partial charge in [0.1, 0.15) is 0 Å². The molecule has 0 saturated heterocycles. The van der Waals surface area contributed by atoms with Gasteiger partial charge in [-0.2, -0.15) is 0 Å². The summed E-state index contributed by atoms with van der Waals surface area (Å²) in [6.07, 6.45) is 2.08. The van der Waals surface area contributed by atoms with Gasteiger partial charge in [0, 0.05) is 18.0 Å². The van der Waals surface area contributed by atoms with Crippen LogP contribution in [0.2, 0.25) is 0 Å². The first-order valence-corrected chi connectivity index (χ1v) is 11.8. The van der Waals surface area contributed by atoms with E-state index in [1.807, 2.05) is 6.92 Å². The van der Waals surface area contributed by atoms with Gasteiger partial charge in [-0.15, -0.1) is 11.8 Å². The molecule has 2 rings (SSSR count). The minimum atomic E-state index is -3.42. The van der Waals surface area contributed by atoms with Gasteiger partial charge in [0.25, 0.3) is 0 Å². The molecule has 28 heavy (non-hydrogen) atoms. The summed E-state index contributed by atoms with van der Waals surface area (Å²) in [4.78, 5) is 6.11. The molecule has 0 aliphatic carbocycles. The van der Waals surface area contributed by atoms with E-state index >= 15 is 0 Å². The van der Waals surface area contributed by atoms with Crippen LogP contribution in [-0.2, 0) is 23.1 Å². The Balaban J connectivity index is 2.06. The van der Waals surface area contributed by atoms with Gasteiger partial charge in [-0.05, 0) is 62.0 Å². The van der Waals surface area contributed by atoms with Crippen LogP contribution in [0.15, 0.2) is 57.2 Å². The summed E-state index contributed by atoms with van der Waals surface area (Å²) in [5, 5.41) is 6.61. The molecule has 2 aromatic carbocycles. The van der Waals surface area contributed by atoms with Gasteiger partial charge in [0.2, 0.25) is 10.0 Å². The van der Waals surface area contributed by atoms with Gasteiger partial charge < -0.3 is 10.6 Å². The lowest BCUT2D eigenvalue weighted by Crippen LogP contribution is -2.36. The standard InChI is InChI=1S/C20H28N4O2S2/c1-5-22-20(24-14-17-9-6-15(2)12-19(17)27-4)23-13-16-7-10-18(11-8-16)28(25,26)21-3/h6-12,21H,5,13-14H2,1-4H3,(H2,22,23,24). The SMILES string of the molecule is CCNC(=NCc1ccc(S(=O)(=O)NC)cc1)NCc1ccc(C)cc1SC. The smallest absolute Gasteiger partial charge is 0.240 e. The van der Waals surface area contributed by atoms with Crippen LogP contribution in [0.5, 0.6) is 0 Å². The van der Waals surface area contributed by atoms with Crippen LogP contribution in [-0.4, -0.2) is 34.2 Å². The molecular formula is C20H28N4O2S2. The third-order valence-electron chi connectivity index (χ3n) is 4.16. The van der Waals surface area contributed by atoms with Crippen molar-refractivity contribution in [3.05, 3.63) is 59.2 Å². The molecule has 8 heteroatoms. The Labute approximate surface area is 172 Å². The van der Waals surface area contributed by atoms with Crippen molar-refractivity contribution in [1.29, 1.82) is 0 Å². The van der Waals surface area contributed by atoms with E-state index in [0.717, 1.165) is 18.1 Å². The highest BCUT2D eigenvalue weighted by Crippen LogP contribution is 2.21. The molecule has 0 unspecified atom stereocenters. The molecule has 0 bridgehead atoms.